The van der Waals surface area contributed by atoms with Gasteiger partial charge in [0.1, 0.15) is 0 Å². The summed E-state index contributed by atoms with van der Waals surface area (Å²) in [4.78, 5) is 0.391. The molecule has 0 aliphatic heterocycles. The number of aryl methyl sites for hydroxylation is 3. The van der Waals surface area contributed by atoms with Crippen LogP contribution in [-0.2, 0) is 23.1 Å². The Morgan fingerprint density at radius 2 is 1.52 bits per heavy atom. The van der Waals surface area contributed by atoms with Crippen molar-refractivity contribution in [2.24, 2.45) is 0 Å². The molecule has 6 heteroatoms. The first-order valence-electron chi connectivity index (χ1n) is 9.75. The van der Waals surface area contributed by atoms with Gasteiger partial charge in [0.25, 0.3) is 0 Å². The van der Waals surface area contributed by atoms with Crippen LogP contribution in [0.15, 0.2) is 41.3 Å². The molecule has 2 aromatic carbocycles. The fourth-order valence-electron chi connectivity index (χ4n) is 3.72. The molecular weight excluding hydrogens is 382 g/mol. The zero-order valence-electron chi connectivity index (χ0n) is 18.0. The Morgan fingerprint density at radius 1 is 0.931 bits per heavy atom. The van der Waals surface area contributed by atoms with E-state index in [2.05, 4.69) is 22.0 Å². The van der Waals surface area contributed by atoms with Crippen LogP contribution in [0.2, 0.25) is 0 Å². The van der Waals surface area contributed by atoms with Gasteiger partial charge in [0.2, 0.25) is 10.0 Å². The van der Waals surface area contributed by atoms with Crippen molar-refractivity contribution in [3.05, 3.63) is 81.2 Å². The monoisotopic (exact) mass is 411 g/mol. The number of nitrogens with one attached hydrogen (secondary N) is 1. The van der Waals surface area contributed by atoms with Crippen LogP contribution in [0, 0.1) is 41.5 Å². The van der Waals surface area contributed by atoms with Crippen molar-refractivity contribution in [2.75, 3.05) is 0 Å². The van der Waals surface area contributed by atoms with Crippen LogP contribution in [-0.4, -0.2) is 18.2 Å². The summed E-state index contributed by atoms with van der Waals surface area (Å²) in [5.74, 6) is 0. The van der Waals surface area contributed by atoms with Gasteiger partial charge in [0.15, 0.2) is 0 Å². The predicted octanol–water partition coefficient (Wildman–Crippen LogP) is 4.26. The Hall–Kier alpha value is -2.44. The van der Waals surface area contributed by atoms with E-state index in [0.29, 0.717) is 11.4 Å². The van der Waals surface area contributed by atoms with Crippen LogP contribution in [0.25, 0.3) is 0 Å². The highest BCUT2D eigenvalue weighted by atomic mass is 32.2. The molecular formula is C23H29N3O2S. The molecule has 0 fully saturated rings. The molecule has 0 radical (unpaired) electrons. The first kappa shape index (κ1) is 21.3. The highest BCUT2D eigenvalue weighted by Crippen LogP contribution is 2.26. The third-order valence-corrected chi connectivity index (χ3v) is 7.39. The van der Waals surface area contributed by atoms with Gasteiger partial charge >= 0.3 is 0 Å². The number of benzene rings is 2. The maximum absolute atomic E-state index is 13.1. The lowest BCUT2D eigenvalue weighted by Crippen LogP contribution is -2.26. The molecule has 1 N–H and O–H groups in total. The van der Waals surface area contributed by atoms with E-state index in [1.165, 1.54) is 0 Å². The zero-order chi connectivity index (χ0) is 21.3. The fourth-order valence-corrected chi connectivity index (χ4v) is 5.33. The zero-order valence-corrected chi connectivity index (χ0v) is 18.8. The highest BCUT2D eigenvalue weighted by Gasteiger charge is 2.23. The Kier molecular flexibility index (Phi) is 5.96. The van der Waals surface area contributed by atoms with E-state index in [9.17, 15) is 8.42 Å². The second-order valence-electron chi connectivity index (χ2n) is 7.71. The van der Waals surface area contributed by atoms with E-state index < -0.39 is 10.0 Å². The summed E-state index contributed by atoms with van der Waals surface area (Å²) in [6.07, 6.45) is 0. The third kappa shape index (κ3) is 4.28. The molecule has 0 amide bonds. The van der Waals surface area contributed by atoms with E-state index in [-0.39, 0.29) is 6.54 Å². The number of aromatic nitrogens is 2. The third-order valence-electron chi connectivity index (χ3n) is 5.71. The van der Waals surface area contributed by atoms with Gasteiger partial charge in [-0.2, -0.15) is 5.10 Å². The van der Waals surface area contributed by atoms with E-state index in [4.69, 9.17) is 0 Å². The van der Waals surface area contributed by atoms with Crippen LogP contribution in [0.5, 0.6) is 0 Å². The van der Waals surface area contributed by atoms with Crippen molar-refractivity contribution >= 4 is 10.0 Å². The van der Waals surface area contributed by atoms with Gasteiger partial charge in [-0.15, -0.1) is 0 Å². The first-order chi connectivity index (χ1) is 13.6. The summed E-state index contributed by atoms with van der Waals surface area (Å²) in [7, 11) is -3.63. The van der Waals surface area contributed by atoms with Crippen LogP contribution in [0.1, 0.15) is 44.8 Å². The maximum atomic E-state index is 13.1. The van der Waals surface area contributed by atoms with Crippen LogP contribution < -0.4 is 4.72 Å². The Balaban J connectivity index is 1.87. The van der Waals surface area contributed by atoms with Gasteiger partial charge in [-0.05, 0) is 69.4 Å². The number of hydrogen-bond donors (Lipinski definition) is 1. The quantitative estimate of drug-likeness (QED) is 0.659. The van der Waals surface area contributed by atoms with Crippen molar-refractivity contribution in [1.29, 1.82) is 0 Å². The highest BCUT2D eigenvalue weighted by molar-refractivity contribution is 7.89. The Bertz CT molecular complexity index is 1120. The molecule has 5 nitrogen and oxygen atoms in total. The number of rotatable bonds is 6. The molecule has 1 heterocycles. The summed E-state index contributed by atoms with van der Waals surface area (Å²) in [5, 5.41) is 4.62. The molecule has 0 bridgehead atoms. The van der Waals surface area contributed by atoms with Crippen molar-refractivity contribution in [2.45, 2.75) is 59.5 Å². The van der Waals surface area contributed by atoms with Crippen LogP contribution >= 0.6 is 0 Å². The number of sulfonamides is 1. The van der Waals surface area contributed by atoms with Gasteiger partial charge in [-0.3, -0.25) is 4.68 Å². The van der Waals surface area contributed by atoms with Gasteiger partial charge in [0, 0.05) is 17.8 Å². The Morgan fingerprint density at radius 3 is 2.10 bits per heavy atom. The summed E-state index contributed by atoms with van der Waals surface area (Å²) in [6, 6.07) is 12.2. The molecule has 0 atom stereocenters. The second kappa shape index (κ2) is 8.13. The molecule has 0 saturated heterocycles. The standard InChI is InChI=1S/C23H29N3O2S/c1-15-12-16(2)18(4)23(17(15)3)29(27,28)24-13-22-19(5)25-26(20(22)6)14-21-10-8-7-9-11-21/h7-12,24H,13-14H2,1-6H3. The summed E-state index contributed by atoms with van der Waals surface area (Å²) >= 11 is 0. The minimum Gasteiger partial charge on any atom is -0.265 e. The SMILES string of the molecule is Cc1cc(C)c(C)c(S(=O)(=O)NCc2c(C)nn(Cc3ccccc3)c2C)c1C. The number of hydrogen-bond acceptors (Lipinski definition) is 3. The summed E-state index contributed by atoms with van der Waals surface area (Å²) in [5.41, 5.74) is 7.46. The van der Waals surface area contributed by atoms with Crippen molar-refractivity contribution in [3.8, 4) is 0 Å². The average Bonchev–Trinajstić information content (AvgIpc) is 2.92. The first-order valence-corrected chi connectivity index (χ1v) is 11.2. The van der Waals surface area contributed by atoms with E-state index in [1.807, 2.05) is 70.5 Å². The summed E-state index contributed by atoms with van der Waals surface area (Å²) < 4.78 is 31.0. The lowest BCUT2D eigenvalue weighted by atomic mass is 10.0. The van der Waals surface area contributed by atoms with Gasteiger partial charge in [-0.1, -0.05) is 36.4 Å². The maximum Gasteiger partial charge on any atom is 0.241 e. The smallest absolute Gasteiger partial charge is 0.241 e. The van der Waals surface area contributed by atoms with E-state index in [0.717, 1.165) is 44.8 Å². The van der Waals surface area contributed by atoms with Crippen molar-refractivity contribution < 1.29 is 8.42 Å². The summed E-state index contributed by atoms with van der Waals surface area (Å²) in [6.45, 7) is 12.4. The average molecular weight is 412 g/mol. The molecule has 3 aromatic rings. The van der Waals surface area contributed by atoms with E-state index >= 15 is 0 Å². The molecule has 0 spiro atoms. The van der Waals surface area contributed by atoms with Gasteiger partial charge < -0.3 is 0 Å². The van der Waals surface area contributed by atoms with Crippen LogP contribution in [0.4, 0.5) is 0 Å². The molecule has 3 rings (SSSR count). The minimum absolute atomic E-state index is 0.223. The topological polar surface area (TPSA) is 64.0 Å². The van der Waals surface area contributed by atoms with Crippen molar-refractivity contribution in [3.63, 3.8) is 0 Å². The molecule has 0 unspecified atom stereocenters. The second-order valence-corrected chi connectivity index (χ2v) is 9.41. The Labute approximate surface area is 173 Å². The normalized spacial score (nSPS) is 11.8. The lowest BCUT2D eigenvalue weighted by Gasteiger charge is -2.16. The number of nitrogens with zero attached hydrogens (tertiary/aromatic N) is 2. The molecule has 29 heavy (non-hydrogen) atoms. The molecule has 0 aliphatic carbocycles. The molecule has 0 aliphatic rings. The van der Waals surface area contributed by atoms with Gasteiger partial charge in [0.05, 0.1) is 17.1 Å². The van der Waals surface area contributed by atoms with Crippen LogP contribution in [0.3, 0.4) is 0 Å². The van der Waals surface area contributed by atoms with Crippen molar-refractivity contribution in [1.82, 2.24) is 14.5 Å². The fraction of sp³-hybridized carbons (Fsp3) is 0.348. The minimum atomic E-state index is -3.63. The van der Waals surface area contributed by atoms with Gasteiger partial charge in [-0.25, -0.2) is 13.1 Å². The lowest BCUT2D eigenvalue weighted by molar-refractivity contribution is 0.579. The van der Waals surface area contributed by atoms with E-state index in [1.54, 1.807) is 0 Å². The largest absolute Gasteiger partial charge is 0.265 e. The molecule has 1 aromatic heterocycles. The molecule has 0 saturated carbocycles. The molecule has 154 valence electrons. The predicted molar refractivity (Wildman–Crippen MR) is 117 cm³/mol.